The van der Waals surface area contributed by atoms with Crippen LogP contribution in [0.2, 0.25) is 0 Å². The van der Waals surface area contributed by atoms with Gasteiger partial charge in [-0.15, -0.1) is 0 Å². The first-order valence-corrected chi connectivity index (χ1v) is 6.35. The SMILES string of the molecule is N#CC1=C2C(c3ccc(F)nc3)=CC(Br)=CN2NC1. The molecule has 0 atom stereocenters. The van der Waals surface area contributed by atoms with Crippen LogP contribution in [0.1, 0.15) is 5.56 Å². The molecule has 1 N–H and O–H groups in total. The van der Waals surface area contributed by atoms with Crippen molar-refractivity contribution >= 4 is 21.5 Å². The molecule has 0 radical (unpaired) electrons. The fraction of sp³-hybridized carbons (Fsp3) is 0.0769. The second-order valence-electron chi connectivity index (χ2n) is 4.09. The number of allylic oxidation sites excluding steroid dienone is 3. The summed E-state index contributed by atoms with van der Waals surface area (Å²) in [6.45, 7) is 0.481. The highest BCUT2D eigenvalue weighted by molar-refractivity contribution is 9.11. The van der Waals surface area contributed by atoms with Crippen LogP contribution in [0.4, 0.5) is 4.39 Å². The first-order chi connectivity index (χ1) is 9.19. The summed E-state index contributed by atoms with van der Waals surface area (Å²) in [5.41, 5.74) is 6.14. The molecular weight excluding hydrogens is 311 g/mol. The van der Waals surface area contributed by atoms with Crippen molar-refractivity contribution in [3.05, 3.63) is 57.9 Å². The van der Waals surface area contributed by atoms with E-state index in [4.69, 9.17) is 5.26 Å². The van der Waals surface area contributed by atoms with Gasteiger partial charge in [-0.1, -0.05) is 0 Å². The molecule has 94 valence electrons. The molecular formula is C13H8BrFN4. The molecule has 0 aliphatic carbocycles. The molecule has 1 aromatic rings. The van der Waals surface area contributed by atoms with E-state index in [0.29, 0.717) is 12.1 Å². The molecule has 2 aliphatic heterocycles. The lowest BCUT2D eigenvalue weighted by atomic mass is 9.99. The van der Waals surface area contributed by atoms with E-state index < -0.39 is 5.95 Å². The van der Waals surface area contributed by atoms with Crippen LogP contribution in [0.3, 0.4) is 0 Å². The van der Waals surface area contributed by atoms with Crippen molar-refractivity contribution < 1.29 is 4.39 Å². The van der Waals surface area contributed by atoms with Crippen molar-refractivity contribution in [3.8, 4) is 6.07 Å². The van der Waals surface area contributed by atoms with Crippen LogP contribution in [0, 0.1) is 17.3 Å². The van der Waals surface area contributed by atoms with Crippen molar-refractivity contribution in [1.82, 2.24) is 15.4 Å². The Balaban J connectivity index is 2.15. The van der Waals surface area contributed by atoms with Gasteiger partial charge >= 0.3 is 0 Å². The van der Waals surface area contributed by atoms with E-state index in [1.54, 1.807) is 11.1 Å². The largest absolute Gasteiger partial charge is 0.281 e. The molecule has 0 spiro atoms. The number of rotatable bonds is 1. The molecule has 0 unspecified atom stereocenters. The number of nitrogens with one attached hydrogen (secondary N) is 1. The number of fused-ring (bicyclic) bond motifs is 1. The van der Waals surface area contributed by atoms with Gasteiger partial charge in [0.25, 0.3) is 0 Å². The van der Waals surface area contributed by atoms with Gasteiger partial charge in [-0.05, 0) is 34.1 Å². The number of hydrogen-bond donors (Lipinski definition) is 1. The Bertz CT molecular complexity index is 667. The number of halogens is 2. The minimum Gasteiger partial charge on any atom is -0.281 e. The van der Waals surface area contributed by atoms with Crippen LogP contribution < -0.4 is 5.43 Å². The molecule has 0 aromatic carbocycles. The molecule has 6 heteroatoms. The van der Waals surface area contributed by atoms with E-state index in [1.165, 1.54) is 12.3 Å². The number of nitriles is 1. The topological polar surface area (TPSA) is 52.0 Å². The van der Waals surface area contributed by atoms with Crippen LogP contribution in [0.25, 0.3) is 5.57 Å². The van der Waals surface area contributed by atoms with Crippen molar-refractivity contribution in [2.24, 2.45) is 0 Å². The average Bonchev–Trinajstić information content (AvgIpc) is 2.81. The molecule has 2 aliphatic rings. The summed E-state index contributed by atoms with van der Waals surface area (Å²) in [6.07, 6.45) is 5.20. The second-order valence-corrected chi connectivity index (χ2v) is 5.00. The number of hydrazine groups is 1. The summed E-state index contributed by atoms with van der Waals surface area (Å²) in [4.78, 5) is 3.66. The van der Waals surface area contributed by atoms with Crippen molar-refractivity contribution in [1.29, 1.82) is 5.26 Å². The Morgan fingerprint density at radius 2 is 2.32 bits per heavy atom. The Morgan fingerprint density at radius 1 is 1.47 bits per heavy atom. The van der Waals surface area contributed by atoms with Gasteiger partial charge in [0.1, 0.15) is 0 Å². The third-order valence-electron chi connectivity index (χ3n) is 2.92. The van der Waals surface area contributed by atoms with Gasteiger partial charge < -0.3 is 0 Å². The Hall–Kier alpha value is -1.97. The second kappa shape index (κ2) is 4.61. The number of pyridine rings is 1. The quantitative estimate of drug-likeness (QED) is 0.808. The van der Waals surface area contributed by atoms with E-state index in [-0.39, 0.29) is 0 Å². The van der Waals surface area contributed by atoms with E-state index >= 15 is 0 Å². The number of aromatic nitrogens is 1. The molecule has 0 saturated carbocycles. The highest BCUT2D eigenvalue weighted by Gasteiger charge is 2.27. The molecule has 19 heavy (non-hydrogen) atoms. The molecule has 0 amide bonds. The first kappa shape index (κ1) is 12.1. The molecule has 3 heterocycles. The summed E-state index contributed by atoms with van der Waals surface area (Å²) in [5, 5.41) is 11.0. The van der Waals surface area contributed by atoms with Crippen LogP contribution in [0.15, 0.2) is 46.4 Å². The lowest BCUT2D eigenvalue weighted by Gasteiger charge is -2.24. The normalized spacial score (nSPS) is 17.8. The van der Waals surface area contributed by atoms with Gasteiger partial charge in [0.2, 0.25) is 5.95 Å². The summed E-state index contributed by atoms with van der Waals surface area (Å²) in [5.74, 6) is -0.523. The monoisotopic (exact) mass is 318 g/mol. The fourth-order valence-corrected chi connectivity index (χ4v) is 2.52. The van der Waals surface area contributed by atoms with Gasteiger partial charge in [0.05, 0.1) is 23.9 Å². The molecule has 3 rings (SSSR count). The van der Waals surface area contributed by atoms with Crippen LogP contribution >= 0.6 is 15.9 Å². The zero-order valence-corrected chi connectivity index (χ0v) is 11.3. The molecule has 0 bridgehead atoms. The molecule has 0 fully saturated rings. The van der Waals surface area contributed by atoms with Gasteiger partial charge in [-0.3, -0.25) is 5.01 Å². The summed E-state index contributed by atoms with van der Waals surface area (Å²) in [7, 11) is 0. The maximum absolute atomic E-state index is 12.9. The van der Waals surface area contributed by atoms with Crippen molar-refractivity contribution in [2.45, 2.75) is 0 Å². The molecule has 1 aromatic heterocycles. The van der Waals surface area contributed by atoms with Crippen molar-refractivity contribution in [3.63, 3.8) is 0 Å². The summed E-state index contributed by atoms with van der Waals surface area (Å²) < 4.78 is 13.8. The van der Waals surface area contributed by atoms with Gasteiger partial charge in [0.15, 0.2) is 0 Å². The lowest BCUT2D eigenvalue weighted by molar-refractivity contribution is 0.398. The van der Waals surface area contributed by atoms with Gasteiger partial charge in [-0.25, -0.2) is 10.4 Å². The maximum Gasteiger partial charge on any atom is 0.212 e. The molecule has 4 nitrogen and oxygen atoms in total. The fourth-order valence-electron chi connectivity index (χ4n) is 2.09. The van der Waals surface area contributed by atoms with E-state index in [2.05, 4.69) is 32.4 Å². The van der Waals surface area contributed by atoms with Crippen LogP contribution in [-0.2, 0) is 0 Å². The van der Waals surface area contributed by atoms with E-state index in [1.807, 2.05) is 12.3 Å². The van der Waals surface area contributed by atoms with E-state index in [0.717, 1.165) is 21.3 Å². The highest BCUT2D eigenvalue weighted by Crippen LogP contribution is 2.36. The Morgan fingerprint density at radius 3 is 3.00 bits per heavy atom. The van der Waals surface area contributed by atoms with Gasteiger partial charge in [-0.2, -0.15) is 9.65 Å². The van der Waals surface area contributed by atoms with E-state index in [9.17, 15) is 4.39 Å². The Kier molecular flexibility index (Phi) is 2.93. The predicted molar refractivity (Wildman–Crippen MR) is 71.7 cm³/mol. The number of nitrogens with zero attached hydrogens (tertiary/aromatic N) is 3. The lowest BCUT2D eigenvalue weighted by Crippen LogP contribution is -2.28. The standard InChI is InChI=1S/C13H8BrFN4/c14-10-3-11(8-1-2-12(15)17-5-8)13-9(4-16)6-18-19(13)7-10/h1-3,5,7,18H,6H2. The highest BCUT2D eigenvalue weighted by atomic mass is 79.9. The summed E-state index contributed by atoms with van der Waals surface area (Å²) >= 11 is 3.42. The smallest absolute Gasteiger partial charge is 0.212 e. The van der Waals surface area contributed by atoms with Gasteiger partial charge in [0, 0.05) is 28.0 Å². The third-order valence-corrected chi connectivity index (χ3v) is 3.35. The molecule has 0 saturated heterocycles. The van der Waals surface area contributed by atoms with Crippen LogP contribution in [0.5, 0.6) is 0 Å². The minimum atomic E-state index is -0.523. The van der Waals surface area contributed by atoms with Crippen molar-refractivity contribution in [2.75, 3.05) is 6.54 Å². The first-order valence-electron chi connectivity index (χ1n) is 5.56. The zero-order valence-electron chi connectivity index (χ0n) is 9.69. The maximum atomic E-state index is 12.9. The Labute approximate surface area is 117 Å². The minimum absolute atomic E-state index is 0.481. The number of hydrogen-bond acceptors (Lipinski definition) is 4. The summed E-state index contributed by atoms with van der Waals surface area (Å²) in [6, 6.07) is 5.14. The third kappa shape index (κ3) is 2.07. The zero-order chi connectivity index (χ0) is 13.4. The van der Waals surface area contributed by atoms with Crippen LogP contribution in [-0.4, -0.2) is 16.5 Å². The predicted octanol–water partition coefficient (Wildman–Crippen LogP) is 2.45. The average molecular weight is 319 g/mol.